The lowest BCUT2D eigenvalue weighted by molar-refractivity contribution is 0.414. The minimum absolute atomic E-state index is 0.0917. The van der Waals surface area contributed by atoms with E-state index in [0.717, 1.165) is 19.2 Å². The van der Waals surface area contributed by atoms with Crippen LogP contribution in [0.4, 0.5) is 0 Å². The van der Waals surface area contributed by atoms with E-state index in [1.807, 2.05) is 0 Å². The Morgan fingerprint density at radius 3 is 3.25 bits per heavy atom. The van der Waals surface area contributed by atoms with Crippen molar-refractivity contribution in [3.05, 3.63) is 35.5 Å². The zero-order chi connectivity index (χ0) is 25.9. The molecule has 0 radical (unpaired) electrons. The third-order valence-electron chi connectivity index (χ3n) is 2.46. The lowest BCUT2D eigenvalue weighted by Crippen LogP contribution is -2.20. The Morgan fingerprint density at radius 2 is 2.50 bits per heavy atom. The van der Waals surface area contributed by atoms with E-state index in [1.54, 1.807) is 0 Å². The molecule has 0 saturated heterocycles. The van der Waals surface area contributed by atoms with Crippen LogP contribution in [-0.4, -0.2) is 45.8 Å². The monoisotopic (exact) mass is 308 g/mol. The Bertz CT molecular complexity index is 1150. The molecule has 0 spiro atoms. The first-order valence-electron chi connectivity index (χ1n) is 11.9. The molecule has 6 heteroatoms. The summed E-state index contributed by atoms with van der Waals surface area (Å²) in [7, 11) is -3.83. The van der Waals surface area contributed by atoms with Crippen molar-refractivity contribution in [3.8, 4) is 0 Å². The van der Waals surface area contributed by atoms with E-state index in [0.29, 0.717) is 4.98 Å². The molecule has 2 rings (SSSR count). The molecule has 1 aromatic heterocycles. The molecule has 0 amide bonds. The van der Waals surface area contributed by atoms with Crippen LogP contribution >= 0.6 is 0 Å². The van der Waals surface area contributed by atoms with Crippen LogP contribution in [0.1, 0.15) is 26.2 Å². The van der Waals surface area contributed by atoms with E-state index in [1.165, 1.54) is 6.07 Å². The van der Waals surface area contributed by atoms with Gasteiger partial charge in [-0.15, -0.1) is 0 Å². The van der Waals surface area contributed by atoms with Crippen LogP contribution in [0, 0.1) is 0 Å². The Morgan fingerprint density at radius 1 is 1.65 bits per heavy atom. The predicted molar refractivity (Wildman–Crippen MR) is 82.2 cm³/mol. The molecule has 0 unspecified atom stereocenters. The number of fused-ring (bicyclic) bond motifs is 1. The van der Waals surface area contributed by atoms with Crippen LogP contribution in [0.3, 0.4) is 0 Å². The molecular weight excluding hydrogens is 274 g/mol. The van der Waals surface area contributed by atoms with Crippen molar-refractivity contribution in [2.24, 2.45) is 0 Å². The zero-order valence-electron chi connectivity index (χ0n) is 23.5. The van der Waals surface area contributed by atoms with Crippen LogP contribution in [0.2, 0.25) is 2.82 Å². The molecule has 110 valence electrons. The quantitative estimate of drug-likeness (QED) is 0.846. The number of nitrogens with zero attached hydrogens (tertiary/aromatic N) is 1. The van der Waals surface area contributed by atoms with Crippen LogP contribution in [0.25, 0.3) is 10.9 Å². The number of aryl methyl sites for hydroxylation is 1. The minimum atomic E-state index is -4.67. The van der Waals surface area contributed by atoms with Gasteiger partial charge in [-0.05, 0) is 50.6 Å². The highest BCUT2D eigenvalue weighted by Gasteiger charge is 2.11. The molecule has 20 heavy (non-hydrogen) atoms. The average Bonchev–Trinajstić information content (AvgIpc) is 2.88. The number of H-pyrrole nitrogens is 1. The molecule has 0 bridgehead atoms. The van der Waals surface area contributed by atoms with Gasteiger partial charge >= 0.3 is 0 Å². The molecular formula is C14H21N3O2S. The van der Waals surface area contributed by atoms with Gasteiger partial charge < -0.3 is 9.88 Å². The summed E-state index contributed by atoms with van der Waals surface area (Å²) in [4.78, 5) is 0.653. The van der Waals surface area contributed by atoms with E-state index in [9.17, 15) is 8.42 Å². The maximum Gasteiger partial charge on any atom is 0.215 e. The molecule has 0 saturated carbocycles. The molecule has 1 aromatic carbocycles. The number of nitrogens with one attached hydrogen (secondary N) is 2. The second kappa shape index (κ2) is 5.95. The van der Waals surface area contributed by atoms with Crippen LogP contribution in [0.5, 0.6) is 0 Å². The van der Waals surface area contributed by atoms with Gasteiger partial charge in [-0.2, -0.15) is 0 Å². The van der Waals surface area contributed by atoms with Crippen molar-refractivity contribution in [1.29, 1.82) is 0 Å². The first-order chi connectivity index (χ1) is 14.6. The van der Waals surface area contributed by atoms with Crippen molar-refractivity contribution in [1.82, 2.24) is 14.6 Å². The van der Waals surface area contributed by atoms with Crippen LogP contribution < -0.4 is 4.72 Å². The molecule has 0 atom stereocenters. The van der Waals surface area contributed by atoms with Crippen molar-refractivity contribution >= 4 is 20.9 Å². The van der Waals surface area contributed by atoms with E-state index in [-0.39, 0.29) is 21.4 Å². The van der Waals surface area contributed by atoms with Gasteiger partial charge in [0.05, 0.1) is 7.12 Å². The van der Waals surface area contributed by atoms with Gasteiger partial charge in [-0.3, -0.25) is 0 Å². The second-order valence-electron chi connectivity index (χ2n) is 4.06. The highest BCUT2D eigenvalue weighted by atomic mass is 32.2. The molecule has 0 aliphatic rings. The number of sulfonamides is 1. The second-order valence-corrected chi connectivity index (χ2v) is 5.70. The fourth-order valence-corrected chi connectivity index (χ4v) is 2.29. The number of hydrogen-bond donors (Lipinski definition) is 2. The summed E-state index contributed by atoms with van der Waals surface area (Å²) in [6.45, 7) is -9.49. The number of hydrogen-bond acceptors (Lipinski definition) is 3. The summed E-state index contributed by atoms with van der Waals surface area (Å²) in [6, 6.07) is 3.39. The summed E-state index contributed by atoms with van der Waals surface area (Å²) in [5.74, 6) is -0.980. The summed E-state index contributed by atoms with van der Waals surface area (Å²) >= 11 is 0. The number of aromatic amines is 1. The number of rotatable bonds is 6. The fraction of sp³-hybridized carbons (Fsp3) is 0.429. The molecule has 0 fully saturated rings. The van der Waals surface area contributed by atoms with Crippen molar-refractivity contribution in [3.63, 3.8) is 0 Å². The molecule has 2 aromatic rings. The van der Waals surface area contributed by atoms with Gasteiger partial charge in [-0.25, -0.2) is 13.1 Å². The van der Waals surface area contributed by atoms with Crippen molar-refractivity contribution in [2.75, 3.05) is 27.5 Å². The Balaban J connectivity index is 2.70. The normalized spacial score (nSPS) is 24.9. The third-order valence-corrected chi connectivity index (χ3v) is 3.43. The smallest absolute Gasteiger partial charge is 0.215 e. The van der Waals surface area contributed by atoms with Gasteiger partial charge in [0.15, 0.2) is 1.41 Å². The van der Waals surface area contributed by atoms with Gasteiger partial charge in [-0.1, -0.05) is 6.07 Å². The SMILES string of the molecule is [2H]c1c(C([2H])([2H])C([2H])([2H])N(C)C([2H])([2H])[2H])c2cc(CS(=O)(=O)N([2H])C([2H])([2H])[2H])ccc2n1[2H]. The van der Waals surface area contributed by atoms with E-state index < -0.39 is 59.0 Å². The highest BCUT2D eigenvalue weighted by Crippen LogP contribution is 2.21. The van der Waals surface area contributed by atoms with Crippen LogP contribution in [-0.2, 0) is 22.1 Å². The molecule has 1 heterocycles. The minimum Gasteiger partial charge on any atom is -0.361 e. The summed E-state index contributed by atoms with van der Waals surface area (Å²) in [6.07, 6.45) is -3.95. The van der Waals surface area contributed by atoms with E-state index >= 15 is 0 Å². The third kappa shape index (κ3) is 3.59. The number of aromatic nitrogens is 1. The average molecular weight is 308 g/mol. The molecule has 5 nitrogen and oxygen atoms in total. The number of likely N-dealkylation sites (N-methyl/N-ethyl adjacent to an activating group) is 1. The molecule has 0 aliphatic heterocycles. The van der Waals surface area contributed by atoms with Gasteiger partial charge in [0, 0.05) is 37.3 Å². The Labute approximate surface area is 138 Å². The van der Waals surface area contributed by atoms with E-state index in [2.05, 4.69) is 0 Å². The lowest BCUT2D eigenvalue weighted by Gasteiger charge is -2.08. The lowest BCUT2D eigenvalue weighted by atomic mass is 10.1. The maximum absolute atomic E-state index is 12.3. The summed E-state index contributed by atoms with van der Waals surface area (Å²) < 4.78 is 124. The topological polar surface area (TPSA) is 65.2 Å². The predicted octanol–water partition coefficient (Wildman–Crippen LogP) is 1.32. The first-order valence-corrected chi connectivity index (χ1v) is 7.07. The van der Waals surface area contributed by atoms with Gasteiger partial charge in [0.25, 0.3) is 0 Å². The van der Waals surface area contributed by atoms with E-state index in [4.69, 9.17) is 17.9 Å². The first kappa shape index (κ1) is 5.44. The fourth-order valence-electron chi connectivity index (χ4n) is 1.62. The maximum atomic E-state index is 12.3. The summed E-state index contributed by atoms with van der Waals surface area (Å²) in [5, 5.41) is -0.235. The standard InChI is InChI=1S/C14H21N3O2S/c1-15-20(18,19)10-11-4-5-14-13(8-11)12(9-16-14)6-7-17(2)3/h4-5,8-9,15-16H,6-7,10H2,1-3H3/i1D3,2D3,6D2,7D2,9D/hD2. The highest BCUT2D eigenvalue weighted by molar-refractivity contribution is 7.88. The zero-order valence-corrected chi connectivity index (χ0v) is 11.3. The molecule has 2 N–H and O–H groups in total. The summed E-state index contributed by atoms with van der Waals surface area (Å²) in [5.41, 5.74) is -0.895. The molecule has 0 aliphatic carbocycles. The van der Waals surface area contributed by atoms with Crippen molar-refractivity contribution in [2.45, 2.75) is 12.1 Å². The number of benzene rings is 1. The van der Waals surface area contributed by atoms with Crippen LogP contribution in [0.15, 0.2) is 24.4 Å². The van der Waals surface area contributed by atoms with Gasteiger partial charge in [0.1, 0.15) is 1.41 Å². The Kier molecular flexibility index (Phi) is 1.62. The largest absolute Gasteiger partial charge is 0.361 e. The van der Waals surface area contributed by atoms with Gasteiger partial charge in [0.2, 0.25) is 10.0 Å². The van der Waals surface area contributed by atoms with Crippen molar-refractivity contribution < 1.29 is 26.3 Å². The Hall–Kier alpha value is -1.37.